The molecule has 0 aliphatic rings. The van der Waals surface area contributed by atoms with Crippen molar-refractivity contribution in [3.8, 4) is 0 Å². The Morgan fingerprint density at radius 2 is 2.14 bits per heavy atom. The first-order valence-electron chi connectivity index (χ1n) is 6.62. The highest BCUT2D eigenvalue weighted by Crippen LogP contribution is 2.25. The first kappa shape index (κ1) is 16.0. The molecule has 0 amide bonds. The number of halogens is 3. The van der Waals surface area contributed by atoms with Crippen LogP contribution >= 0.6 is 11.3 Å². The van der Waals surface area contributed by atoms with Gasteiger partial charge in [0.05, 0.1) is 5.39 Å². The molecule has 2 rings (SSSR count). The second-order valence-electron chi connectivity index (χ2n) is 4.43. The van der Waals surface area contributed by atoms with Crippen LogP contribution in [0.25, 0.3) is 10.2 Å². The predicted octanol–water partition coefficient (Wildman–Crippen LogP) is 3.98. The predicted molar refractivity (Wildman–Crippen MR) is 76.5 cm³/mol. The summed E-state index contributed by atoms with van der Waals surface area (Å²) in [5.41, 5.74) is 0. The Morgan fingerprint density at radius 3 is 2.86 bits per heavy atom. The maximum atomic E-state index is 12.0. The maximum Gasteiger partial charge on any atom is 0.389 e. The monoisotopic (exact) mass is 319 g/mol. The Kier molecular flexibility index (Phi) is 5.35. The zero-order chi connectivity index (χ0) is 15.3. The molecule has 0 unspecified atom stereocenters. The molecule has 0 saturated carbocycles. The average molecular weight is 319 g/mol. The van der Waals surface area contributed by atoms with Gasteiger partial charge < -0.3 is 10.1 Å². The van der Waals surface area contributed by atoms with Gasteiger partial charge in [-0.2, -0.15) is 13.2 Å². The zero-order valence-corrected chi connectivity index (χ0v) is 12.4. The fourth-order valence-corrected chi connectivity index (χ4v) is 2.59. The number of alkyl halides is 3. The number of nitrogens with one attached hydrogen (secondary N) is 1. The van der Waals surface area contributed by atoms with Crippen LogP contribution in [-0.2, 0) is 11.3 Å². The van der Waals surface area contributed by atoms with Gasteiger partial charge in [0, 0.05) is 19.6 Å². The third-order valence-corrected chi connectivity index (χ3v) is 3.50. The van der Waals surface area contributed by atoms with Gasteiger partial charge in [0.2, 0.25) is 0 Å². The van der Waals surface area contributed by atoms with Crippen molar-refractivity contribution in [3.63, 3.8) is 0 Å². The molecule has 0 spiro atoms. The fourth-order valence-electron chi connectivity index (χ4n) is 1.80. The van der Waals surface area contributed by atoms with Gasteiger partial charge in [0.25, 0.3) is 0 Å². The molecule has 1 N–H and O–H groups in total. The van der Waals surface area contributed by atoms with Crippen LogP contribution in [0.1, 0.15) is 25.6 Å². The SMILES string of the molecule is CCNc1nc(COCCCC(F)(F)F)nc2sccc12. The Balaban J connectivity index is 1.92. The summed E-state index contributed by atoms with van der Waals surface area (Å²) in [4.78, 5) is 9.53. The lowest BCUT2D eigenvalue weighted by molar-refractivity contribution is -0.138. The lowest BCUT2D eigenvalue weighted by Gasteiger charge is -2.08. The van der Waals surface area contributed by atoms with Gasteiger partial charge in [0.1, 0.15) is 17.3 Å². The summed E-state index contributed by atoms with van der Waals surface area (Å²) >= 11 is 1.49. The largest absolute Gasteiger partial charge is 0.389 e. The van der Waals surface area contributed by atoms with Crippen LogP contribution in [0, 0.1) is 0 Å². The summed E-state index contributed by atoms with van der Waals surface area (Å²) < 4.78 is 41.2. The molecule has 0 saturated heterocycles. The average Bonchev–Trinajstić information content (AvgIpc) is 2.86. The molecule has 2 aromatic rings. The number of ether oxygens (including phenoxy) is 1. The van der Waals surface area contributed by atoms with Crippen LogP contribution in [0.5, 0.6) is 0 Å². The Labute approximate surface area is 124 Å². The van der Waals surface area contributed by atoms with Crippen molar-refractivity contribution in [1.29, 1.82) is 0 Å². The molecule has 0 radical (unpaired) electrons. The lowest BCUT2D eigenvalue weighted by atomic mass is 10.3. The summed E-state index contributed by atoms with van der Waals surface area (Å²) in [5, 5.41) is 6.02. The van der Waals surface area contributed by atoms with Crippen molar-refractivity contribution in [2.24, 2.45) is 0 Å². The summed E-state index contributed by atoms with van der Waals surface area (Å²) in [6.07, 6.45) is -5.01. The van der Waals surface area contributed by atoms with Gasteiger partial charge in [-0.3, -0.25) is 0 Å². The summed E-state index contributed by atoms with van der Waals surface area (Å²) in [6.45, 7) is 2.85. The van der Waals surface area contributed by atoms with Gasteiger partial charge >= 0.3 is 6.18 Å². The van der Waals surface area contributed by atoms with E-state index in [2.05, 4.69) is 15.3 Å². The van der Waals surface area contributed by atoms with E-state index in [1.807, 2.05) is 18.4 Å². The highest BCUT2D eigenvalue weighted by Gasteiger charge is 2.25. The highest BCUT2D eigenvalue weighted by molar-refractivity contribution is 7.16. The van der Waals surface area contributed by atoms with Crippen molar-refractivity contribution < 1.29 is 17.9 Å². The number of thiophene rings is 1. The molecule has 0 aromatic carbocycles. The van der Waals surface area contributed by atoms with Crippen LogP contribution < -0.4 is 5.32 Å². The quantitative estimate of drug-likeness (QED) is 0.784. The van der Waals surface area contributed by atoms with Crippen molar-refractivity contribution in [1.82, 2.24) is 9.97 Å². The van der Waals surface area contributed by atoms with E-state index in [1.165, 1.54) is 11.3 Å². The third-order valence-electron chi connectivity index (χ3n) is 2.70. The molecule has 2 heterocycles. The first-order valence-corrected chi connectivity index (χ1v) is 7.50. The van der Waals surface area contributed by atoms with Gasteiger partial charge in [-0.15, -0.1) is 11.3 Å². The molecule has 0 aliphatic carbocycles. The second kappa shape index (κ2) is 7.04. The first-order chi connectivity index (χ1) is 9.99. The number of nitrogens with zero attached hydrogens (tertiary/aromatic N) is 2. The third kappa shape index (κ3) is 4.82. The number of hydrogen-bond donors (Lipinski definition) is 1. The Hall–Kier alpha value is -1.41. The van der Waals surface area contributed by atoms with Gasteiger partial charge in [0.15, 0.2) is 5.82 Å². The van der Waals surface area contributed by atoms with Crippen LogP contribution in [0.3, 0.4) is 0 Å². The summed E-state index contributed by atoms with van der Waals surface area (Å²) in [6, 6.07) is 1.94. The van der Waals surface area contributed by atoms with E-state index in [9.17, 15) is 13.2 Å². The van der Waals surface area contributed by atoms with Crippen molar-refractivity contribution in [3.05, 3.63) is 17.3 Å². The topological polar surface area (TPSA) is 47.0 Å². The smallest absolute Gasteiger partial charge is 0.373 e. The molecule has 116 valence electrons. The van der Waals surface area contributed by atoms with Crippen LogP contribution in [0.2, 0.25) is 0 Å². The normalized spacial score (nSPS) is 12.0. The van der Waals surface area contributed by atoms with E-state index in [1.54, 1.807) is 0 Å². The molecular weight excluding hydrogens is 303 g/mol. The molecule has 2 aromatic heterocycles. The van der Waals surface area contributed by atoms with Gasteiger partial charge in [-0.25, -0.2) is 9.97 Å². The standard InChI is InChI=1S/C13H16F3N3OS/c1-2-17-11-9-4-7-21-12(9)19-10(18-11)8-20-6-3-5-13(14,15)16/h4,7H,2-3,5-6,8H2,1H3,(H,17,18,19). The fraction of sp³-hybridized carbons (Fsp3) is 0.538. The molecule has 0 fully saturated rings. The van der Waals surface area contributed by atoms with Crippen molar-refractivity contribution in [2.75, 3.05) is 18.5 Å². The van der Waals surface area contributed by atoms with E-state index in [0.29, 0.717) is 5.82 Å². The number of anilines is 1. The number of hydrogen-bond acceptors (Lipinski definition) is 5. The molecule has 0 aliphatic heterocycles. The second-order valence-corrected chi connectivity index (χ2v) is 5.32. The summed E-state index contributed by atoms with van der Waals surface area (Å²) in [7, 11) is 0. The van der Waals surface area contributed by atoms with E-state index >= 15 is 0 Å². The summed E-state index contributed by atoms with van der Waals surface area (Å²) in [5.74, 6) is 1.21. The zero-order valence-electron chi connectivity index (χ0n) is 11.5. The highest BCUT2D eigenvalue weighted by atomic mass is 32.1. The van der Waals surface area contributed by atoms with E-state index in [0.717, 1.165) is 22.6 Å². The minimum Gasteiger partial charge on any atom is -0.373 e. The van der Waals surface area contributed by atoms with Gasteiger partial charge in [-0.1, -0.05) is 0 Å². The van der Waals surface area contributed by atoms with Crippen molar-refractivity contribution >= 4 is 27.4 Å². The lowest BCUT2D eigenvalue weighted by Crippen LogP contribution is -2.09. The minimum absolute atomic E-state index is 0.0435. The van der Waals surface area contributed by atoms with Crippen LogP contribution in [-0.4, -0.2) is 29.3 Å². The Morgan fingerprint density at radius 1 is 1.33 bits per heavy atom. The number of fused-ring (bicyclic) bond motifs is 1. The van der Waals surface area contributed by atoms with Crippen LogP contribution in [0.15, 0.2) is 11.4 Å². The molecule has 8 heteroatoms. The number of rotatable bonds is 7. The molecular formula is C13H16F3N3OS. The molecule has 0 bridgehead atoms. The van der Waals surface area contributed by atoms with E-state index < -0.39 is 12.6 Å². The van der Waals surface area contributed by atoms with E-state index in [4.69, 9.17) is 4.74 Å². The van der Waals surface area contributed by atoms with Crippen LogP contribution in [0.4, 0.5) is 19.0 Å². The van der Waals surface area contributed by atoms with E-state index in [-0.39, 0.29) is 19.6 Å². The molecule has 0 atom stereocenters. The number of aromatic nitrogens is 2. The maximum absolute atomic E-state index is 12.0. The van der Waals surface area contributed by atoms with Gasteiger partial charge in [-0.05, 0) is 24.8 Å². The molecule has 4 nitrogen and oxygen atoms in total. The van der Waals surface area contributed by atoms with Crippen molar-refractivity contribution in [2.45, 2.75) is 32.5 Å². The minimum atomic E-state index is -4.13. The Bertz CT molecular complexity index is 586. The molecule has 21 heavy (non-hydrogen) atoms.